The minimum absolute atomic E-state index is 0.0257. The molecule has 2 aromatic rings. The fourth-order valence-electron chi connectivity index (χ4n) is 2.98. The zero-order chi connectivity index (χ0) is 17.6. The van der Waals surface area contributed by atoms with Gasteiger partial charge in [0.15, 0.2) is 0 Å². The molecule has 1 heterocycles. The Bertz CT molecular complexity index is 716. The van der Waals surface area contributed by atoms with Crippen LogP contribution < -0.4 is 5.32 Å². The highest BCUT2D eigenvalue weighted by Gasteiger charge is 2.20. The Kier molecular flexibility index (Phi) is 6.53. The Balaban J connectivity index is 1.52. The maximum Gasteiger partial charge on any atom is 0.277 e. The molecule has 1 aliphatic rings. The van der Waals surface area contributed by atoms with Gasteiger partial charge in [-0.2, -0.15) is 0 Å². The van der Waals surface area contributed by atoms with Gasteiger partial charge in [0, 0.05) is 16.6 Å². The van der Waals surface area contributed by atoms with E-state index < -0.39 is 0 Å². The molecule has 1 atom stereocenters. The lowest BCUT2D eigenvalue weighted by Crippen LogP contribution is -2.35. The SMILES string of the molecule is CC(Sc1nnc(-c2cccc(Br)c2)o1)C(=O)NCC1CCCCC1. The van der Waals surface area contributed by atoms with Gasteiger partial charge in [-0.3, -0.25) is 4.79 Å². The third kappa shape index (κ3) is 5.31. The van der Waals surface area contributed by atoms with Gasteiger partial charge in [0.1, 0.15) is 0 Å². The van der Waals surface area contributed by atoms with E-state index in [-0.39, 0.29) is 11.2 Å². The summed E-state index contributed by atoms with van der Waals surface area (Å²) in [7, 11) is 0. The number of nitrogens with one attached hydrogen (secondary N) is 1. The van der Waals surface area contributed by atoms with Crippen molar-refractivity contribution in [1.82, 2.24) is 15.5 Å². The lowest BCUT2D eigenvalue weighted by Gasteiger charge is -2.22. The first-order valence-corrected chi connectivity index (χ1v) is 10.3. The lowest BCUT2D eigenvalue weighted by molar-refractivity contribution is -0.120. The van der Waals surface area contributed by atoms with Gasteiger partial charge in [-0.25, -0.2) is 0 Å². The average Bonchev–Trinajstić information content (AvgIpc) is 3.09. The molecule has 0 saturated heterocycles. The zero-order valence-electron chi connectivity index (χ0n) is 14.2. The molecule has 0 radical (unpaired) electrons. The molecule has 1 aromatic heterocycles. The van der Waals surface area contributed by atoms with E-state index in [1.165, 1.54) is 43.9 Å². The van der Waals surface area contributed by atoms with Gasteiger partial charge in [-0.15, -0.1) is 10.2 Å². The minimum Gasteiger partial charge on any atom is -0.411 e. The van der Waals surface area contributed by atoms with Crippen molar-refractivity contribution < 1.29 is 9.21 Å². The summed E-state index contributed by atoms with van der Waals surface area (Å²) in [5.41, 5.74) is 0.850. The summed E-state index contributed by atoms with van der Waals surface area (Å²) >= 11 is 4.72. The van der Waals surface area contributed by atoms with Crippen LogP contribution in [0.4, 0.5) is 0 Å². The number of benzene rings is 1. The normalized spacial score (nSPS) is 16.6. The van der Waals surface area contributed by atoms with Gasteiger partial charge in [0.25, 0.3) is 5.22 Å². The van der Waals surface area contributed by atoms with Crippen molar-refractivity contribution in [3.05, 3.63) is 28.7 Å². The smallest absolute Gasteiger partial charge is 0.277 e. The predicted octanol–water partition coefficient (Wildman–Crippen LogP) is 4.68. The molecule has 7 heteroatoms. The van der Waals surface area contributed by atoms with E-state index in [1.807, 2.05) is 31.2 Å². The fraction of sp³-hybridized carbons (Fsp3) is 0.500. The van der Waals surface area contributed by atoms with Crippen molar-refractivity contribution in [3.63, 3.8) is 0 Å². The van der Waals surface area contributed by atoms with Gasteiger partial charge in [0.05, 0.1) is 5.25 Å². The number of rotatable bonds is 6. The van der Waals surface area contributed by atoms with Gasteiger partial charge < -0.3 is 9.73 Å². The topological polar surface area (TPSA) is 68.0 Å². The monoisotopic (exact) mass is 423 g/mol. The molecular formula is C18H22BrN3O2S. The van der Waals surface area contributed by atoms with Crippen LogP contribution in [0.15, 0.2) is 38.4 Å². The van der Waals surface area contributed by atoms with E-state index >= 15 is 0 Å². The van der Waals surface area contributed by atoms with Crippen molar-refractivity contribution in [2.45, 2.75) is 49.5 Å². The van der Waals surface area contributed by atoms with Crippen LogP contribution in [-0.2, 0) is 4.79 Å². The molecule has 1 N–H and O–H groups in total. The zero-order valence-corrected chi connectivity index (χ0v) is 16.6. The van der Waals surface area contributed by atoms with Crippen LogP contribution in [0.25, 0.3) is 11.5 Å². The molecule has 0 bridgehead atoms. The van der Waals surface area contributed by atoms with Gasteiger partial charge >= 0.3 is 0 Å². The molecule has 1 saturated carbocycles. The summed E-state index contributed by atoms with van der Waals surface area (Å²) in [5.74, 6) is 1.11. The number of carbonyl (C=O) groups excluding carboxylic acids is 1. The number of nitrogens with zero attached hydrogens (tertiary/aromatic N) is 2. The number of thioether (sulfide) groups is 1. The fourth-order valence-corrected chi connectivity index (χ4v) is 4.09. The number of carbonyl (C=O) groups is 1. The van der Waals surface area contributed by atoms with Crippen LogP contribution in [0.3, 0.4) is 0 Å². The Morgan fingerprint density at radius 2 is 2.16 bits per heavy atom. The second-order valence-corrected chi connectivity index (χ2v) is 8.60. The molecule has 25 heavy (non-hydrogen) atoms. The maximum atomic E-state index is 12.3. The number of hydrogen-bond acceptors (Lipinski definition) is 5. The highest BCUT2D eigenvalue weighted by atomic mass is 79.9. The molecule has 134 valence electrons. The first-order valence-electron chi connectivity index (χ1n) is 8.65. The standard InChI is InChI=1S/C18H22BrN3O2S/c1-12(16(23)20-11-13-6-3-2-4-7-13)25-18-22-21-17(24-18)14-8-5-9-15(19)10-14/h5,8-10,12-13H,2-4,6-7,11H2,1H3,(H,20,23). The van der Waals surface area contributed by atoms with Crippen LogP contribution in [0.2, 0.25) is 0 Å². The van der Waals surface area contributed by atoms with Gasteiger partial charge in [0.2, 0.25) is 11.8 Å². The van der Waals surface area contributed by atoms with E-state index in [0.717, 1.165) is 16.6 Å². The predicted molar refractivity (Wildman–Crippen MR) is 102 cm³/mol. The summed E-state index contributed by atoms with van der Waals surface area (Å²) in [4.78, 5) is 12.3. The Labute approximate surface area is 160 Å². The third-order valence-electron chi connectivity index (χ3n) is 4.41. The van der Waals surface area contributed by atoms with Crippen molar-refractivity contribution >= 4 is 33.6 Å². The number of aromatic nitrogens is 2. The molecular weight excluding hydrogens is 402 g/mol. The van der Waals surface area contributed by atoms with Crippen molar-refractivity contribution in [1.29, 1.82) is 0 Å². The molecule has 1 aromatic carbocycles. The average molecular weight is 424 g/mol. The molecule has 3 rings (SSSR count). The van der Waals surface area contributed by atoms with E-state index in [0.29, 0.717) is 17.0 Å². The van der Waals surface area contributed by atoms with E-state index in [2.05, 4.69) is 31.4 Å². The summed E-state index contributed by atoms with van der Waals surface area (Å²) < 4.78 is 6.63. The molecule has 1 fully saturated rings. The Morgan fingerprint density at radius 3 is 2.92 bits per heavy atom. The molecule has 0 aliphatic heterocycles. The number of hydrogen-bond donors (Lipinski definition) is 1. The summed E-state index contributed by atoms with van der Waals surface area (Å²) in [6.07, 6.45) is 6.34. The number of amides is 1. The Hall–Kier alpha value is -1.34. The van der Waals surface area contributed by atoms with Crippen LogP contribution in [0.1, 0.15) is 39.0 Å². The van der Waals surface area contributed by atoms with E-state index in [9.17, 15) is 4.79 Å². The molecule has 1 amide bonds. The Morgan fingerprint density at radius 1 is 1.36 bits per heavy atom. The van der Waals surface area contributed by atoms with Crippen molar-refractivity contribution in [2.24, 2.45) is 5.92 Å². The van der Waals surface area contributed by atoms with Crippen LogP contribution >= 0.6 is 27.7 Å². The summed E-state index contributed by atoms with van der Waals surface area (Å²) in [6.45, 7) is 2.64. The summed E-state index contributed by atoms with van der Waals surface area (Å²) in [6, 6.07) is 7.68. The molecule has 1 unspecified atom stereocenters. The first-order chi connectivity index (χ1) is 12.1. The second-order valence-electron chi connectivity index (χ2n) is 6.39. The minimum atomic E-state index is -0.264. The largest absolute Gasteiger partial charge is 0.411 e. The maximum absolute atomic E-state index is 12.3. The molecule has 5 nitrogen and oxygen atoms in total. The van der Waals surface area contributed by atoms with Crippen molar-refractivity contribution in [2.75, 3.05) is 6.54 Å². The molecule has 1 aliphatic carbocycles. The second kappa shape index (κ2) is 8.85. The number of halogens is 1. The van der Waals surface area contributed by atoms with Crippen LogP contribution in [0, 0.1) is 5.92 Å². The summed E-state index contributed by atoms with van der Waals surface area (Å²) in [5, 5.41) is 11.3. The highest BCUT2D eigenvalue weighted by molar-refractivity contribution is 9.10. The first kappa shape index (κ1) is 18.5. The van der Waals surface area contributed by atoms with Gasteiger partial charge in [-0.1, -0.05) is 53.0 Å². The quantitative estimate of drug-likeness (QED) is 0.683. The molecule has 0 spiro atoms. The highest BCUT2D eigenvalue weighted by Crippen LogP contribution is 2.28. The van der Waals surface area contributed by atoms with Gasteiger partial charge in [-0.05, 0) is 43.9 Å². The van der Waals surface area contributed by atoms with Crippen LogP contribution in [0.5, 0.6) is 0 Å². The van der Waals surface area contributed by atoms with E-state index in [1.54, 1.807) is 0 Å². The lowest BCUT2D eigenvalue weighted by atomic mass is 9.89. The van der Waals surface area contributed by atoms with Crippen LogP contribution in [-0.4, -0.2) is 27.9 Å². The third-order valence-corrected chi connectivity index (χ3v) is 5.84. The van der Waals surface area contributed by atoms with E-state index in [4.69, 9.17) is 4.42 Å². The van der Waals surface area contributed by atoms with Crippen molar-refractivity contribution in [3.8, 4) is 11.5 Å².